The van der Waals surface area contributed by atoms with Crippen LogP contribution in [0.15, 0.2) is 24.3 Å². The normalized spacial score (nSPS) is 11.8. The van der Waals surface area contributed by atoms with Crippen molar-refractivity contribution in [3.05, 3.63) is 35.4 Å². The molecule has 0 saturated carbocycles. The molecule has 2 nitrogen and oxygen atoms in total. The second kappa shape index (κ2) is 9.97. The quantitative estimate of drug-likeness (QED) is 0.646. The van der Waals surface area contributed by atoms with Gasteiger partial charge in [0.05, 0.1) is 0 Å². The highest BCUT2D eigenvalue weighted by Crippen LogP contribution is 2.14. The van der Waals surface area contributed by atoms with Crippen molar-refractivity contribution in [2.45, 2.75) is 54.1 Å². The van der Waals surface area contributed by atoms with Gasteiger partial charge in [0.2, 0.25) is 0 Å². The Morgan fingerprint density at radius 3 is 2.05 bits per heavy atom. The van der Waals surface area contributed by atoms with Crippen molar-refractivity contribution in [1.29, 1.82) is 0 Å². The fraction of sp³-hybridized carbons (Fsp3) is 0.684. The topological polar surface area (TPSA) is 15.3 Å². The number of hydrogen-bond donors (Lipinski definition) is 1. The molecule has 0 heterocycles. The largest absolute Gasteiger partial charge is 0.313 e. The van der Waals surface area contributed by atoms with E-state index < -0.39 is 0 Å². The van der Waals surface area contributed by atoms with E-state index in [1.807, 2.05) is 0 Å². The van der Waals surface area contributed by atoms with Crippen molar-refractivity contribution in [1.82, 2.24) is 10.2 Å². The molecule has 1 aromatic rings. The summed E-state index contributed by atoms with van der Waals surface area (Å²) >= 11 is 0. The summed E-state index contributed by atoms with van der Waals surface area (Å²) in [6.45, 7) is 16.9. The smallest absolute Gasteiger partial charge is 0.0237 e. The van der Waals surface area contributed by atoms with E-state index in [1.165, 1.54) is 30.6 Å². The van der Waals surface area contributed by atoms with Gasteiger partial charge in [-0.05, 0) is 35.9 Å². The number of rotatable bonds is 10. The molecule has 21 heavy (non-hydrogen) atoms. The fourth-order valence-corrected chi connectivity index (χ4v) is 2.76. The van der Waals surface area contributed by atoms with Gasteiger partial charge in [0.1, 0.15) is 0 Å². The van der Waals surface area contributed by atoms with Crippen LogP contribution in [0.25, 0.3) is 0 Å². The average molecular weight is 290 g/mol. The summed E-state index contributed by atoms with van der Waals surface area (Å²) in [4.78, 5) is 2.61. The third-order valence-electron chi connectivity index (χ3n) is 3.50. The lowest BCUT2D eigenvalue weighted by Crippen LogP contribution is -2.31. The molecular weight excluding hydrogens is 256 g/mol. The van der Waals surface area contributed by atoms with Crippen LogP contribution in [0.5, 0.6) is 0 Å². The third-order valence-corrected chi connectivity index (χ3v) is 3.50. The molecular formula is C19H34N2. The minimum absolute atomic E-state index is 0.717. The summed E-state index contributed by atoms with van der Waals surface area (Å²) in [6.07, 6.45) is 1.19. The van der Waals surface area contributed by atoms with Crippen molar-refractivity contribution in [3.8, 4) is 0 Å². The summed E-state index contributed by atoms with van der Waals surface area (Å²) in [5.74, 6) is 1.43. The first-order valence-electron chi connectivity index (χ1n) is 8.52. The van der Waals surface area contributed by atoms with Gasteiger partial charge in [-0.2, -0.15) is 0 Å². The molecule has 0 unspecified atom stereocenters. The van der Waals surface area contributed by atoms with Crippen LogP contribution in [0.1, 0.15) is 52.2 Å². The zero-order valence-corrected chi connectivity index (χ0v) is 14.7. The van der Waals surface area contributed by atoms with Crippen molar-refractivity contribution in [2.24, 2.45) is 11.8 Å². The van der Waals surface area contributed by atoms with E-state index >= 15 is 0 Å². The molecule has 120 valence electrons. The van der Waals surface area contributed by atoms with Crippen LogP contribution >= 0.6 is 0 Å². The first-order valence-corrected chi connectivity index (χ1v) is 8.52. The lowest BCUT2D eigenvalue weighted by atomic mass is 10.0. The SMILES string of the molecule is CCCNCc1ccccc1CN(CC(C)C)CC(C)C. The van der Waals surface area contributed by atoms with Gasteiger partial charge in [-0.25, -0.2) is 0 Å². The Morgan fingerprint density at radius 2 is 1.52 bits per heavy atom. The molecule has 0 aliphatic heterocycles. The molecule has 1 aromatic carbocycles. The lowest BCUT2D eigenvalue weighted by Gasteiger charge is -2.27. The zero-order valence-electron chi connectivity index (χ0n) is 14.7. The van der Waals surface area contributed by atoms with Crippen LogP contribution < -0.4 is 5.32 Å². The van der Waals surface area contributed by atoms with Gasteiger partial charge in [0.25, 0.3) is 0 Å². The number of nitrogens with one attached hydrogen (secondary N) is 1. The van der Waals surface area contributed by atoms with Crippen molar-refractivity contribution >= 4 is 0 Å². The minimum Gasteiger partial charge on any atom is -0.313 e. The van der Waals surface area contributed by atoms with E-state index in [0.29, 0.717) is 11.8 Å². The second-order valence-corrected chi connectivity index (χ2v) is 6.93. The monoisotopic (exact) mass is 290 g/mol. The van der Waals surface area contributed by atoms with Gasteiger partial charge >= 0.3 is 0 Å². The summed E-state index contributed by atoms with van der Waals surface area (Å²) in [5.41, 5.74) is 2.92. The molecule has 0 bridgehead atoms. The van der Waals surface area contributed by atoms with Crippen LogP contribution in [-0.4, -0.2) is 24.5 Å². The molecule has 0 aliphatic rings. The summed E-state index contributed by atoms with van der Waals surface area (Å²) in [7, 11) is 0. The van der Waals surface area contributed by atoms with Gasteiger partial charge in [0, 0.05) is 26.2 Å². The molecule has 0 radical (unpaired) electrons. The maximum Gasteiger partial charge on any atom is 0.0237 e. The highest BCUT2D eigenvalue weighted by atomic mass is 15.1. The lowest BCUT2D eigenvalue weighted by molar-refractivity contribution is 0.211. The van der Waals surface area contributed by atoms with Crippen molar-refractivity contribution in [3.63, 3.8) is 0 Å². The Kier molecular flexibility index (Phi) is 8.63. The molecule has 1 N–H and O–H groups in total. The molecule has 0 aliphatic carbocycles. The van der Waals surface area contributed by atoms with Crippen LogP contribution in [0, 0.1) is 11.8 Å². The zero-order chi connectivity index (χ0) is 15.7. The minimum atomic E-state index is 0.717. The second-order valence-electron chi connectivity index (χ2n) is 6.93. The number of hydrogen-bond acceptors (Lipinski definition) is 2. The Hall–Kier alpha value is -0.860. The van der Waals surface area contributed by atoms with E-state index in [-0.39, 0.29) is 0 Å². The van der Waals surface area contributed by atoms with Gasteiger partial charge in [-0.15, -0.1) is 0 Å². The first kappa shape index (κ1) is 18.2. The summed E-state index contributed by atoms with van der Waals surface area (Å²) in [6, 6.07) is 8.88. The Labute approximate surface area is 131 Å². The summed E-state index contributed by atoms with van der Waals surface area (Å²) < 4.78 is 0. The van der Waals surface area contributed by atoms with Crippen LogP contribution in [0.2, 0.25) is 0 Å². The van der Waals surface area contributed by atoms with Gasteiger partial charge in [-0.1, -0.05) is 58.9 Å². The molecule has 0 saturated heterocycles. The predicted molar refractivity (Wildman–Crippen MR) is 93.4 cm³/mol. The van der Waals surface area contributed by atoms with E-state index in [9.17, 15) is 0 Å². The van der Waals surface area contributed by atoms with Gasteiger partial charge < -0.3 is 5.32 Å². The molecule has 0 aromatic heterocycles. The molecule has 0 spiro atoms. The Balaban J connectivity index is 2.72. The predicted octanol–water partition coefficient (Wildman–Crippen LogP) is 4.30. The highest BCUT2D eigenvalue weighted by Gasteiger charge is 2.12. The van der Waals surface area contributed by atoms with E-state index in [1.54, 1.807) is 0 Å². The van der Waals surface area contributed by atoms with Gasteiger partial charge in [-0.3, -0.25) is 4.90 Å². The van der Waals surface area contributed by atoms with Crippen molar-refractivity contribution in [2.75, 3.05) is 19.6 Å². The Morgan fingerprint density at radius 1 is 0.952 bits per heavy atom. The number of nitrogens with zero attached hydrogens (tertiary/aromatic N) is 1. The first-order chi connectivity index (χ1) is 10.0. The molecule has 0 atom stereocenters. The van der Waals surface area contributed by atoms with Crippen molar-refractivity contribution < 1.29 is 0 Å². The van der Waals surface area contributed by atoms with Crippen LogP contribution in [0.4, 0.5) is 0 Å². The maximum atomic E-state index is 3.53. The standard InChI is InChI=1S/C19H34N2/c1-6-11-20-12-18-9-7-8-10-19(18)15-21(13-16(2)3)14-17(4)5/h7-10,16-17,20H,6,11-15H2,1-5H3. The molecule has 0 fully saturated rings. The number of benzene rings is 1. The van der Waals surface area contributed by atoms with Crippen LogP contribution in [0.3, 0.4) is 0 Å². The van der Waals surface area contributed by atoms with E-state index in [4.69, 9.17) is 0 Å². The third kappa shape index (κ3) is 7.63. The maximum absolute atomic E-state index is 3.53. The van der Waals surface area contributed by atoms with Gasteiger partial charge in [0.15, 0.2) is 0 Å². The fourth-order valence-electron chi connectivity index (χ4n) is 2.76. The molecule has 2 heteroatoms. The van der Waals surface area contributed by atoms with E-state index in [0.717, 1.165) is 19.6 Å². The Bertz CT molecular complexity index is 375. The molecule has 0 amide bonds. The van der Waals surface area contributed by atoms with E-state index in [2.05, 4.69) is 69.1 Å². The molecule has 1 rings (SSSR count). The highest BCUT2D eigenvalue weighted by molar-refractivity contribution is 5.27. The summed E-state index contributed by atoms with van der Waals surface area (Å²) in [5, 5.41) is 3.53. The average Bonchev–Trinajstić information content (AvgIpc) is 2.39. The van der Waals surface area contributed by atoms with Crippen LogP contribution in [-0.2, 0) is 13.1 Å².